The summed E-state index contributed by atoms with van der Waals surface area (Å²) in [4.78, 5) is 18.2. The molecule has 1 aromatic heterocycles. The van der Waals surface area contributed by atoms with Crippen molar-refractivity contribution in [2.75, 3.05) is 13.1 Å². The molecule has 0 bridgehead atoms. The SMILES string of the molecule is CC1CN(C(=O)Cc2cccnc2)C(C)CN1.Cl. The number of amides is 1. The van der Waals surface area contributed by atoms with Gasteiger partial charge in [0, 0.05) is 37.6 Å². The number of carbonyl (C=O) groups is 1. The summed E-state index contributed by atoms with van der Waals surface area (Å²) in [5.41, 5.74) is 0.982. The highest BCUT2D eigenvalue weighted by Crippen LogP contribution is 2.09. The van der Waals surface area contributed by atoms with Crippen LogP contribution in [-0.2, 0) is 11.2 Å². The molecule has 0 spiro atoms. The summed E-state index contributed by atoms with van der Waals surface area (Å²) in [7, 11) is 0. The molecule has 4 nitrogen and oxygen atoms in total. The Morgan fingerprint density at radius 1 is 1.56 bits per heavy atom. The number of nitrogens with zero attached hydrogens (tertiary/aromatic N) is 2. The Kier molecular flexibility index (Phi) is 5.56. The molecule has 2 heterocycles. The maximum atomic E-state index is 12.2. The molecule has 18 heavy (non-hydrogen) atoms. The Morgan fingerprint density at radius 3 is 3.00 bits per heavy atom. The van der Waals surface area contributed by atoms with Crippen molar-refractivity contribution in [1.82, 2.24) is 15.2 Å². The highest BCUT2D eigenvalue weighted by Gasteiger charge is 2.26. The van der Waals surface area contributed by atoms with Crippen molar-refractivity contribution >= 4 is 18.3 Å². The number of carbonyl (C=O) groups excluding carboxylic acids is 1. The van der Waals surface area contributed by atoms with Crippen LogP contribution >= 0.6 is 12.4 Å². The second kappa shape index (κ2) is 6.71. The Morgan fingerprint density at radius 2 is 2.33 bits per heavy atom. The number of rotatable bonds is 2. The van der Waals surface area contributed by atoms with Crippen molar-refractivity contribution in [2.24, 2.45) is 0 Å². The van der Waals surface area contributed by atoms with Crippen molar-refractivity contribution in [3.8, 4) is 0 Å². The van der Waals surface area contributed by atoms with E-state index in [2.05, 4.69) is 24.1 Å². The standard InChI is InChI=1S/C13H19N3O.ClH/c1-10-9-16(11(2)7-15-10)13(17)6-12-4-3-5-14-8-12;/h3-5,8,10-11,15H,6-7,9H2,1-2H3;1H. The van der Waals surface area contributed by atoms with Gasteiger partial charge in [-0.05, 0) is 25.5 Å². The molecule has 1 N–H and O–H groups in total. The number of aromatic nitrogens is 1. The van der Waals surface area contributed by atoms with E-state index in [-0.39, 0.29) is 24.4 Å². The molecule has 0 aliphatic carbocycles. The Balaban J connectivity index is 0.00000162. The van der Waals surface area contributed by atoms with Gasteiger partial charge in [0.15, 0.2) is 0 Å². The molecule has 1 aliphatic rings. The first-order chi connectivity index (χ1) is 8.16. The van der Waals surface area contributed by atoms with E-state index in [1.165, 1.54) is 0 Å². The van der Waals surface area contributed by atoms with E-state index in [4.69, 9.17) is 0 Å². The fourth-order valence-corrected chi connectivity index (χ4v) is 2.15. The Hall–Kier alpha value is -1.13. The van der Waals surface area contributed by atoms with Gasteiger partial charge < -0.3 is 10.2 Å². The summed E-state index contributed by atoms with van der Waals surface area (Å²) in [5.74, 6) is 0.193. The highest BCUT2D eigenvalue weighted by molar-refractivity contribution is 5.85. The molecular weight excluding hydrogens is 250 g/mol. The van der Waals surface area contributed by atoms with Crippen molar-refractivity contribution in [2.45, 2.75) is 32.4 Å². The lowest BCUT2D eigenvalue weighted by molar-refractivity contribution is -0.133. The smallest absolute Gasteiger partial charge is 0.227 e. The third-order valence-electron chi connectivity index (χ3n) is 3.16. The van der Waals surface area contributed by atoms with Crippen molar-refractivity contribution < 1.29 is 4.79 Å². The van der Waals surface area contributed by atoms with Crippen LogP contribution in [0.2, 0.25) is 0 Å². The summed E-state index contributed by atoms with van der Waals surface area (Å²) < 4.78 is 0. The zero-order chi connectivity index (χ0) is 12.3. The first-order valence-electron chi connectivity index (χ1n) is 6.08. The molecule has 1 aliphatic heterocycles. The van der Waals surface area contributed by atoms with Gasteiger partial charge in [0.1, 0.15) is 0 Å². The molecule has 2 unspecified atom stereocenters. The number of pyridine rings is 1. The first-order valence-corrected chi connectivity index (χ1v) is 6.08. The third kappa shape index (κ3) is 3.68. The van der Waals surface area contributed by atoms with Crippen molar-refractivity contribution in [3.05, 3.63) is 30.1 Å². The number of hydrogen-bond donors (Lipinski definition) is 1. The number of halogens is 1. The normalized spacial score (nSPS) is 23.3. The quantitative estimate of drug-likeness (QED) is 0.879. The van der Waals surface area contributed by atoms with E-state index in [0.717, 1.165) is 18.7 Å². The van der Waals surface area contributed by atoms with E-state index >= 15 is 0 Å². The number of hydrogen-bond acceptors (Lipinski definition) is 3. The summed E-state index contributed by atoms with van der Waals surface area (Å²) in [6.45, 7) is 5.86. The predicted molar refractivity (Wildman–Crippen MR) is 73.8 cm³/mol. The van der Waals surface area contributed by atoms with Crippen LogP contribution in [0, 0.1) is 0 Å². The Labute approximate surface area is 114 Å². The lowest BCUT2D eigenvalue weighted by Gasteiger charge is -2.37. The van der Waals surface area contributed by atoms with Gasteiger partial charge >= 0.3 is 0 Å². The van der Waals surface area contributed by atoms with Crippen molar-refractivity contribution in [1.29, 1.82) is 0 Å². The summed E-state index contributed by atoms with van der Waals surface area (Å²) >= 11 is 0. The van der Waals surface area contributed by atoms with E-state index < -0.39 is 0 Å². The second-order valence-electron chi connectivity index (χ2n) is 4.74. The minimum Gasteiger partial charge on any atom is -0.337 e. The zero-order valence-corrected chi connectivity index (χ0v) is 11.6. The van der Waals surface area contributed by atoms with Crippen LogP contribution in [0.15, 0.2) is 24.5 Å². The second-order valence-corrected chi connectivity index (χ2v) is 4.74. The third-order valence-corrected chi connectivity index (χ3v) is 3.16. The highest BCUT2D eigenvalue weighted by atomic mass is 35.5. The molecule has 1 aromatic rings. The van der Waals surface area contributed by atoms with Crippen LogP contribution in [0.25, 0.3) is 0 Å². The number of nitrogens with one attached hydrogen (secondary N) is 1. The van der Waals surface area contributed by atoms with Crippen molar-refractivity contribution in [3.63, 3.8) is 0 Å². The molecule has 1 saturated heterocycles. The van der Waals surface area contributed by atoms with Gasteiger partial charge in [0.25, 0.3) is 0 Å². The van der Waals surface area contributed by atoms with Gasteiger partial charge in [-0.15, -0.1) is 12.4 Å². The van der Waals surface area contributed by atoms with Crippen LogP contribution in [0.4, 0.5) is 0 Å². The lowest BCUT2D eigenvalue weighted by Crippen LogP contribution is -2.56. The van der Waals surface area contributed by atoms with E-state index in [0.29, 0.717) is 12.5 Å². The van der Waals surface area contributed by atoms with E-state index in [1.54, 1.807) is 12.4 Å². The molecular formula is C13H20ClN3O. The maximum Gasteiger partial charge on any atom is 0.227 e. The fourth-order valence-electron chi connectivity index (χ4n) is 2.15. The molecule has 1 fully saturated rings. The largest absolute Gasteiger partial charge is 0.337 e. The van der Waals surface area contributed by atoms with Gasteiger partial charge in [-0.2, -0.15) is 0 Å². The van der Waals surface area contributed by atoms with Gasteiger partial charge in [0.05, 0.1) is 6.42 Å². The van der Waals surface area contributed by atoms with Gasteiger partial charge in [-0.3, -0.25) is 9.78 Å². The lowest BCUT2D eigenvalue weighted by atomic mass is 10.1. The van der Waals surface area contributed by atoms with E-state index in [1.807, 2.05) is 17.0 Å². The summed E-state index contributed by atoms with van der Waals surface area (Å²) in [5, 5.41) is 3.37. The van der Waals surface area contributed by atoms with Gasteiger partial charge in [-0.25, -0.2) is 0 Å². The maximum absolute atomic E-state index is 12.2. The predicted octanol–water partition coefficient (Wildman–Crippen LogP) is 1.25. The molecule has 2 atom stereocenters. The first kappa shape index (κ1) is 14.9. The fraction of sp³-hybridized carbons (Fsp3) is 0.538. The average Bonchev–Trinajstić information content (AvgIpc) is 2.33. The summed E-state index contributed by atoms with van der Waals surface area (Å²) in [6.07, 6.45) is 3.93. The van der Waals surface area contributed by atoms with Crippen LogP contribution in [0.3, 0.4) is 0 Å². The number of piperazine rings is 1. The van der Waals surface area contributed by atoms with Crippen LogP contribution in [0.5, 0.6) is 0 Å². The molecule has 100 valence electrons. The molecule has 0 saturated carbocycles. The zero-order valence-electron chi connectivity index (χ0n) is 10.8. The summed E-state index contributed by atoms with van der Waals surface area (Å²) in [6, 6.07) is 4.47. The molecule has 2 rings (SSSR count). The Bertz CT molecular complexity index is 385. The monoisotopic (exact) mass is 269 g/mol. The molecule has 0 radical (unpaired) electrons. The van der Waals surface area contributed by atoms with Crippen LogP contribution < -0.4 is 5.32 Å². The molecule has 5 heteroatoms. The van der Waals surface area contributed by atoms with Gasteiger partial charge in [0.2, 0.25) is 5.91 Å². The van der Waals surface area contributed by atoms with E-state index in [9.17, 15) is 4.79 Å². The molecule has 0 aromatic carbocycles. The van der Waals surface area contributed by atoms with Gasteiger partial charge in [-0.1, -0.05) is 6.07 Å². The van der Waals surface area contributed by atoms with Crippen LogP contribution in [0.1, 0.15) is 19.4 Å². The minimum absolute atomic E-state index is 0. The topological polar surface area (TPSA) is 45.2 Å². The van der Waals surface area contributed by atoms with Crippen LogP contribution in [-0.4, -0.2) is 41.0 Å². The average molecular weight is 270 g/mol. The molecule has 1 amide bonds. The minimum atomic E-state index is 0.